The van der Waals surface area contributed by atoms with E-state index in [1.807, 2.05) is 20.8 Å². The average molecular weight is 360 g/mol. The molecule has 1 aromatic carbocycles. The number of nitrogens with zero attached hydrogens (tertiary/aromatic N) is 1. The van der Waals surface area contributed by atoms with Gasteiger partial charge in [0.25, 0.3) is 11.7 Å². The number of nitrogens with one attached hydrogen (secondary N) is 1. The van der Waals surface area contributed by atoms with Crippen LogP contribution in [0.2, 0.25) is 0 Å². The van der Waals surface area contributed by atoms with Crippen LogP contribution in [-0.4, -0.2) is 41.6 Å². The molecule has 0 radical (unpaired) electrons. The number of esters is 2. The lowest BCUT2D eigenvalue weighted by molar-refractivity contribution is -0.222. The second kappa shape index (κ2) is 7.59. The van der Waals surface area contributed by atoms with Gasteiger partial charge in [-0.3, -0.25) is 4.79 Å². The number of carbonyl (C=O) groups excluding carboxylic acids is 3. The lowest BCUT2D eigenvalue weighted by Crippen LogP contribution is -2.42. The molecule has 7 heteroatoms. The summed E-state index contributed by atoms with van der Waals surface area (Å²) in [5, 5.41) is 2.91. The number of rotatable bonds is 5. The van der Waals surface area contributed by atoms with Crippen LogP contribution in [0, 0.1) is 6.92 Å². The van der Waals surface area contributed by atoms with Crippen LogP contribution >= 0.6 is 0 Å². The van der Waals surface area contributed by atoms with Gasteiger partial charge in [-0.25, -0.2) is 9.59 Å². The molecule has 1 fully saturated rings. The van der Waals surface area contributed by atoms with Crippen molar-refractivity contribution in [2.75, 3.05) is 18.4 Å². The number of benzene rings is 1. The molecule has 1 saturated heterocycles. The van der Waals surface area contributed by atoms with Crippen molar-refractivity contribution in [3.63, 3.8) is 0 Å². The van der Waals surface area contributed by atoms with Crippen molar-refractivity contribution in [1.82, 2.24) is 4.90 Å². The molecule has 0 saturated carbocycles. The summed E-state index contributed by atoms with van der Waals surface area (Å²) in [6, 6.07) is 5.20. The minimum atomic E-state index is -1.27. The zero-order valence-corrected chi connectivity index (χ0v) is 15.7. The smallest absolute Gasteiger partial charge is 0.350 e. The van der Waals surface area contributed by atoms with Crippen LogP contribution in [0.3, 0.4) is 0 Å². The molecular weight excluding hydrogens is 336 g/mol. The van der Waals surface area contributed by atoms with Crippen molar-refractivity contribution >= 4 is 23.5 Å². The van der Waals surface area contributed by atoms with Gasteiger partial charge in [-0.05, 0) is 44.5 Å². The van der Waals surface area contributed by atoms with Crippen LogP contribution in [0.1, 0.15) is 43.6 Å². The van der Waals surface area contributed by atoms with Gasteiger partial charge < -0.3 is 19.7 Å². The zero-order chi connectivity index (χ0) is 19.5. The van der Waals surface area contributed by atoms with E-state index in [0.29, 0.717) is 24.3 Å². The van der Waals surface area contributed by atoms with E-state index in [1.165, 1.54) is 20.0 Å². The molecule has 1 amide bonds. The largest absolute Gasteiger partial charge is 0.419 e. The third-order valence-corrected chi connectivity index (χ3v) is 4.01. The Hall–Kier alpha value is -2.83. The molecule has 0 spiro atoms. The van der Waals surface area contributed by atoms with E-state index in [1.54, 1.807) is 23.1 Å². The number of hydrogen-bond donors (Lipinski definition) is 1. The molecule has 2 rings (SSSR count). The number of hydrogen-bond acceptors (Lipinski definition) is 6. The van der Waals surface area contributed by atoms with Crippen molar-refractivity contribution in [3.8, 4) is 0 Å². The van der Waals surface area contributed by atoms with E-state index >= 15 is 0 Å². The van der Waals surface area contributed by atoms with Gasteiger partial charge in [0.1, 0.15) is 0 Å². The van der Waals surface area contributed by atoms with Crippen LogP contribution in [0.4, 0.5) is 5.69 Å². The van der Waals surface area contributed by atoms with Crippen molar-refractivity contribution in [2.24, 2.45) is 0 Å². The molecule has 1 N–H and O–H groups in total. The molecule has 0 atom stereocenters. The van der Waals surface area contributed by atoms with Gasteiger partial charge in [0.2, 0.25) is 0 Å². The molecule has 0 bridgehead atoms. The SMILES string of the molecule is CCN(CC)C(=O)c1ccc(NC=C2C(=O)OC(C)(C)OC2=O)c(C)c1. The van der Waals surface area contributed by atoms with Gasteiger partial charge >= 0.3 is 11.9 Å². The van der Waals surface area contributed by atoms with E-state index in [-0.39, 0.29) is 11.5 Å². The second-order valence-electron chi connectivity index (χ2n) is 6.39. The highest BCUT2D eigenvalue weighted by atomic mass is 16.7. The summed E-state index contributed by atoms with van der Waals surface area (Å²) in [4.78, 5) is 38.0. The van der Waals surface area contributed by atoms with Gasteiger partial charge in [0, 0.05) is 44.4 Å². The molecule has 0 aromatic heterocycles. The predicted molar refractivity (Wildman–Crippen MR) is 96.4 cm³/mol. The minimum Gasteiger partial charge on any atom is -0.419 e. The Labute approximate surface area is 153 Å². The lowest BCUT2D eigenvalue weighted by atomic mass is 10.1. The Bertz CT molecular complexity index is 741. The Kier molecular flexibility index (Phi) is 5.69. The second-order valence-corrected chi connectivity index (χ2v) is 6.39. The molecule has 0 unspecified atom stereocenters. The number of anilines is 1. The third kappa shape index (κ3) is 4.22. The summed E-state index contributed by atoms with van der Waals surface area (Å²) in [5.74, 6) is -2.80. The number of cyclic esters (lactones) is 2. The minimum absolute atomic E-state index is 0.0373. The van der Waals surface area contributed by atoms with Crippen molar-refractivity contribution in [1.29, 1.82) is 0 Å². The number of carbonyl (C=O) groups is 3. The van der Waals surface area contributed by atoms with Gasteiger partial charge in [-0.15, -0.1) is 0 Å². The van der Waals surface area contributed by atoms with Crippen LogP contribution in [-0.2, 0) is 19.1 Å². The van der Waals surface area contributed by atoms with Crippen molar-refractivity contribution in [3.05, 3.63) is 41.1 Å². The fourth-order valence-corrected chi connectivity index (χ4v) is 2.58. The van der Waals surface area contributed by atoms with E-state index in [9.17, 15) is 14.4 Å². The monoisotopic (exact) mass is 360 g/mol. The molecule has 140 valence electrons. The molecule has 7 nitrogen and oxygen atoms in total. The van der Waals surface area contributed by atoms with Gasteiger partial charge in [-0.1, -0.05) is 0 Å². The summed E-state index contributed by atoms with van der Waals surface area (Å²) in [6.45, 7) is 9.95. The first-order chi connectivity index (χ1) is 12.2. The Morgan fingerprint density at radius 3 is 2.23 bits per heavy atom. The topological polar surface area (TPSA) is 84.9 Å². The van der Waals surface area contributed by atoms with E-state index in [2.05, 4.69) is 5.32 Å². The zero-order valence-electron chi connectivity index (χ0n) is 15.7. The maximum Gasteiger partial charge on any atom is 0.350 e. The molecule has 1 heterocycles. The predicted octanol–water partition coefficient (Wildman–Crippen LogP) is 2.61. The van der Waals surface area contributed by atoms with E-state index in [0.717, 1.165) is 5.56 Å². The molecule has 1 aliphatic rings. The van der Waals surface area contributed by atoms with Gasteiger partial charge in [-0.2, -0.15) is 0 Å². The molecule has 1 aromatic rings. The first-order valence-electron chi connectivity index (χ1n) is 8.51. The standard InChI is InChI=1S/C19H24N2O5/c1-6-21(7-2)16(22)13-8-9-15(12(3)10-13)20-11-14-17(23)25-19(4,5)26-18(14)24/h8-11,20H,6-7H2,1-5H3. The highest BCUT2D eigenvalue weighted by Gasteiger charge is 2.38. The maximum atomic E-state index is 12.4. The first kappa shape index (κ1) is 19.5. The maximum absolute atomic E-state index is 12.4. The first-order valence-corrected chi connectivity index (χ1v) is 8.51. The van der Waals surface area contributed by atoms with Gasteiger partial charge in [0.15, 0.2) is 5.57 Å². The van der Waals surface area contributed by atoms with E-state index < -0.39 is 17.7 Å². The van der Waals surface area contributed by atoms with Crippen molar-refractivity contribution < 1.29 is 23.9 Å². The molecular formula is C19H24N2O5. The van der Waals surface area contributed by atoms with Crippen LogP contribution in [0.5, 0.6) is 0 Å². The van der Waals surface area contributed by atoms with Crippen LogP contribution in [0.15, 0.2) is 30.0 Å². The third-order valence-electron chi connectivity index (χ3n) is 4.01. The molecule has 1 aliphatic heterocycles. The highest BCUT2D eigenvalue weighted by molar-refractivity contribution is 6.15. The van der Waals surface area contributed by atoms with Crippen molar-refractivity contribution in [2.45, 2.75) is 40.4 Å². The summed E-state index contributed by atoms with van der Waals surface area (Å²) in [5.41, 5.74) is 1.84. The summed E-state index contributed by atoms with van der Waals surface area (Å²) < 4.78 is 10.1. The fourth-order valence-electron chi connectivity index (χ4n) is 2.58. The average Bonchev–Trinajstić information content (AvgIpc) is 2.55. The molecule has 26 heavy (non-hydrogen) atoms. The van der Waals surface area contributed by atoms with Gasteiger partial charge in [0.05, 0.1) is 0 Å². The summed E-state index contributed by atoms with van der Waals surface area (Å²) in [7, 11) is 0. The Morgan fingerprint density at radius 1 is 1.15 bits per heavy atom. The highest BCUT2D eigenvalue weighted by Crippen LogP contribution is 2.23. The Morgan fingerprint density at radius 2 is 1.73 bits per heavy atom. The number of amides is 1. The molecule has 0 aliphatic carbocycles. The lowest BCUT2D eigenvalue weighted by Gasteiger charge is -2.29. The van der Waals surface area contributed by atoms with E-state index in [4.69, 9.17) is 9.47 Å². The quantitative estimate of drug-likeness (QED) is 0.494. The normalized spacial score (nSPS) is 15.8. The van der Waals surface area contributed by atoms with Crippen LogP contribution in [0.25, 0.3) is 0 Å². The summed E-state index contributed by atoms with van der Waals surface area (Å²) in [6.07, 6.45) is 1.26. The Balaban J connectivity index is 2.17. The number of aryl methyl sites for hydroxylation is 1. The van der Waals surface area contributed by atoms with Crippen LogP contribution < -0.4 is 5.32 Å². The summed E-state index contributed by atoms with van der Waals surface area (Å²) >= 11 is 0. The fraction of sp³-hybridized carbons (Fsp3) is 0.421. The number of ether oxygens (including phenoxy) is 2.